The van der Waals surface area contributed by atoms with Crippen LogP contribution in [0.1, 0.15) is 37.8 Å². The molecule has 4 heteroatoms. The summed E-state index contributed by atoms with van der Waals surface area (Å²) in [4.78, 5) is 2.29. The Morgan fingerprint density at radius 3 is 2.60 bits per heavy atom. The number of halogens is 1. The van der Waals surface area contributed by atoms with Gasteiger partial charge in [0.15, 0.2) is 0 Å². The fourth-order valence-corrected chi connectivity index (χ4v) is 2.93. The molecule has 0 amide bonds. The van der Waals surface area contributed by atoms with Crippen molar-refractivity contribution < 1.29 is 4.39 Å². The van der Waals surface area contributed by atoms with Gasteiger partial charge in [-0.05, 0) is 43.8 Å². The molecule has 1 aliphatic rings. The second-order valence-electron chi connectivity index (χ2n) is 6.05. The van der Waals surface area contributed by atoms with E-state index in [9.17, 15) is 4.39 Å². The topological polar surface area (TPSA) is 53.1 Å². The number of hydrogen-bond donors (Lipinski definition) is 2. The molecule has 0 atom stereocenters. The van der Waals surface area contributed by atoms with Crippen LogP contribution in [-0.4, -0.2) is 23.8 Å². The predicted molar refractivity (Wildman–Crippen MR) is 80.3 cm³/mol. The third-order valence-electron chi connectivity index (χ3n) is 4.34. The Kier molecular flexibility index (Phi) is 4.76. The molecule has 1 aromatic carbocycles. The molecule has 1 fully saturated rings. The van der Waals surface area contributed by atoms with Gasteiger partial charge in [0.1, 0.15) is 11.7 Å². The van der Waals surface area contributed by atoms with Crippen LogP contribution in [0.4, 0.5) is 4.39 Å². The highest BCUT2D eigenvalue weighted by molar-refractivity contribution is 5.95. The standard InChI is InChI=1S/C16H24FN3/c1-11(2)12-6-8-20(9-7-12)10-13-4-3-5-14(15(13)17)16(18)19/h3-5,11-12H,6-10H2,1-2H3,(H3,18,19). The van der Waals surface area contributed by atoms with Crippen molar-refractivity contribution in [1.29, 1.82) is 5.41 Å². The molecule has 0 spiro atoms. The molecular weight excluding hydrogens is 253 g/mol. The molecule has 0 saturated carbocycles. The van der Waals surface area contributed by atoms with Crippen LogP contribution >= 0.6 is 0 Å². The third-order valence-corrected chi connectivity index (χ3v) is 4.34. The van der Waals surface area contributed by atoms with Crippen LogP contribution in [0.25, 0.3) is 0 Å². The van der Waals surface area contributed by atoms with Crippen LogP contribution < -0.4 is 5.73 Å². The van der Waals surface area contributed by atoms with Gasteiger partial charge in [0.25, 0.3) is 0 Å². The first kappa shape index (κ1) is 15.0. The molecule has 0 unspecified atom stereocenters. The average Bonchev–Trinajstić information content (AvgIpc) is 2.41. The highest BCUT2D eigenvalue weighted by atomic mass is 19.1. The van der Waals surface area contributed by atoms with Gasteiger partial charge in [0.2, 0.25) is 0 Å². The first-order chi connectivity index (χ1) is 9.49. The monoisotopic (exact) mass is 277 g/mol. The number of amidine groups is 1. The fourth-order valence-electron chi connectivity index (χ4n) is 2.93. The largest absolute Gasteiger partial charge is 0.384 e. The van der Waals surface area contributed by atoms with E-state index >= 15 is 0 Å². The third kappa shape index (κ3) is 3.37. The Morgan fingerprint density at radius 2 is 2.05 bits per heavy atom. The van der Waals surface area contributed by atoms with E-state index in [0.717, 1.165) is 24.9 Å². The summed E-state index contributed by atoms with van der Waals surface area (Å²) in [5, 5.41) is 7.39. The van der Waals surface area contributed by atoms with Crippen molar-refractivity contribution in [3.63, 3.8) is 0 Å². The Morgan fingerprint density at radius 1 is 1.40 bits per heavy atom. The second kappa shape index (κ2) is 6.35. The van der Waals surface area contributed by atoms with Crippen molar-refractivity contribution in [2.45, 2.75) is 33.2 Å². The van der Waals surface area contributed by atoms with E-state index in [1.165, 1.54) is 12.8 Å². The molecule has 20 heavy (non-hydrogen) atoms. The molecule has 3 nitrogen and oxygen atoms in total. The number of nitrogens with one attached hydrogen (secondary N) is 1. The van der Waals surface area contributed by atoms with Gasteiger partial charge in [0, 0.05) is 12.1 Å². The van der Waals surface area contributed by atoms with Crippen molar-refractivity contribution in [1.82, 2.24) is 4.90 Å². The van der Waals surface area contributed by atoms with E-state index in [0.29, 0.717) is 12.1 Å². The van der Waals surface area contributed by atoms with Crippen molar-refractivity contribution in [2.24, 2.45) is 17.6 Å². The molecule has 2 rings (SSSR count). The van der Waals surface area contributed by atoms with Crippen LogP contribution in [0.5, 0.6) is 0 Å². The molecule has 3 N–H and O–H groups in total. The number of nitrogens with zero attached hydrogens (tertiary/aromatic N) is 1. The Bertz CT molecular complexity index is 477. The fraction of sp³-hybridized carbons (Fsp3) is 0.562. The van der Waals surface area contributed by atoms with Gasteiger partial charge in [0.05, 0.1) is 5.56 Å². The maximum Gasteiger partial charge on any atom is 0.138 e. The zero-order chi connectivity index (χ0) is 14.7. The Hall–Kier alpha value is -1.42. The van der Waals surface area contributed by atoms with Crippen LogP contribution in [0, 0.1) is 23.1 Å². The zero-order valence-electron chi connectivity index (χ0n) is 12.3. The van der Waals surface area contributed by atoms with Gasteiger partial charge in [-0.2, -0.15) is 0 Å². The van der Waals surface area contributed by atoms with Crippen LogP contribution in [-0.2, 0) is 6.54 Å². The summed E-state index contributed by atoms with van der Waals surface area (Å²) in [5.41, 5.74) is 6.25. The van der Waals surface area contributed by atoms with Gasteiger partial charge >= 0.3 is 0 Å². The van der Waals surface area contributed by atoms with E-state index < -0.39 is 0 Å². The quantitative estimate of drug-likeness (QED) is 0.656. The van der Waals surface area contributed by atoms with Crippen molar-refractivity contribution in [2.75, 3.05) is 13.1 Å². The van der Waals surface area contributed by atoms with Gasteiger partial charge in [-0.3, -0.25) is 10.3 Å². The summed E-state index contributed by atoms with van der Waals surface area (Å²) in [6.45, 7) is 7.20. The van der Waals surface area contributed by atoms with Gasteiger partial charge in [-0.1, -0.05) is 26.0 Å². The van der Waals surface area contributed by atoms with Crippen LogP contribution in [0.3, 0.4) is 0 Å². The molecule has 0 radical (unpaired) electrons. The first-order valence-electron chi connectivity index (χ1n) is 7.33. The van der Waals surface area contributed by atoms with E-state index in [1.54, 1.807) is 18.2 Å². The van der Waals surface area contributed by atoms with Crippen molar-refractivity contribution >= 4 is 5.84 Å². The van der Waals surface area contributed by atoms with Gasteiger partial charge in [-0.15, -0.1) is 0 Å². The maximum atomic E-state index is 14.2. The smallest absolute Gasteiger partial charge is 0.138 e. The second-order valence-corrected chi connectivity index (χ2v) is 6.05. The number of nitrogens with two attached hydrogens (primary N) is 1. The molecule has 0 aliphatic carbocycles. The minimum atomic E-state index is -0.342. The highest BCUT2D eigenvalue weighted by Gasteiger charge is 2.22. The molecule has 0 aromatic heterocycles. The molecule has 1 saturated heterocycles. The van der Waals surface area contributed by atoms with E-state index in [1.807, 2.05) is 0 Å². The predicted octanol–water partition coefficient (Wildman–Crippen LogP) is 2.98. The van der Waals surface area contributed by atoms with E-state index in [-0.39, 0.29) is 17.2 Å². The molecule has 0 bridgehead atoms. The molecule has 110 valence electrons. The van der Waals surface area contributed by atoms with Crippen molar-refractivity contribution in [3.8, 4) is 0 Å². The summed E-state index contributed by atoms with van der Waals surface area (Å²) < 4.78 is 14.2. The van der Waals surface area contributed by atoms with E-state index in [2.05, 4.69) is 18.7 Å². The summed E-state index contributed by atoms with van der Waals surface area (Å²) >= 11 is 0. The number of hydrogen-bond acceptors (Lipinski definition) is 2. The normalized spacial score (nSPS) is 17.6. The maximum absolute atomic E-state index is 14.2. The minimum Gasteiger partial charge on any atom is -0.384 e. The molecule has 1 heterocycles. The highest BCUT2D eigenvalue weighted by Crippen LogP contribution is 2.26. The lowest BCUT2D eigenvalue weighted by molar-refractivity contribution is 0.150. The number of nitrogen functional groups attached to an aromatic ring is 1. The van der Waals surface area contributed by atoms with Gasteiger partial charge < -0.3 is 5.73 Å². The first-order valence-corrected chi connectivity index (χ1v) is 7.33. The van der Waals surface area contributed by atoms with Crippen molar-refractivity contribution in [3.05, 3.63) is 35.1 Å². The molecule has 1 aliphatic heterocycles. The summed E-state index contributed by atoms with van der Waals surface area (Å²) in [5.74, 6) is 0.975. The summed E-state index contributed by atoms with van der Waals surface area (Å²) in [7, 11) is 0. The zero-order valence-corrected chi connectivity index (χ0v) is 12.3. The number of piperidine rings is 1. The van der Waals surface area contributed by atoms with Crippen LogP contribution in [0.15, 0.2) is 18.2 Å². The van der Waals surface area contributed by atoms with E-state index in [4.69, 9.17) is 11.1 Å². The number of rotatable bonds is 4. The number of benzene rings is 1. The summed E-state index contributed by atoms with van der Waals surface area (Å²) in [6.07, 6.45) is 2.37. The lowest BCUT2D eigenvalue weighted by Gasteiger charge is -2.34. The van der Waals surface area contributed by atoms with Crippen LogP contribution in [0.2, 0.25) is 0 Å². The Labute approximate surface area is 120 Å². The molecular formula is C16H24FN3. The number of likely N-dealkylation sites (tertiary alicyclic amines) is 1. The SMILES string of the molecule is CC(C)C1CCN(Cc2cccc(C(=N)N)c2F)CC1. The molecule has 1 aromatic rings. The average molecular weight is 277 g/mol. The van der Waals surface area contributed by atoms with Gasteiger partial charge in [-0.25, -0.2) is 4.39 Å². The lowest BCUT2D eigenvalue weighted by atomic mass is 9.86. The minimum absolute atomic E-state index is 0.206. The Balaban J connectivity index is 2.01. The summed E-state index contributed by atoms with van der Waals surface area (Å²) in [6, 6.07) is 5.12. The lowest BCUT2D eigenvalue weighted by Crippen LogP contribution is -2.35.